The van der Waals surface area contributed by atoms with E-state index in [1.807, 2.05) is 50.1 Å². The summed E-state index contributed by atoms with van der Waals surface area (Å²) in [7, 11) is 1.86. The Morgan fingerprint density at radius 1 is 1.30 bits per heavy atom. The van der Waals surface area contributed by atoms with Crippen LogP contribution in [0.3, 0.4) is 0 Å². The van der Waals surface area contributed by atoms with Gasteiger partial charge in [0.1, 0.15) is 5.82 Å². The molecule has 0 amide bonds. The number of hydrogen-bond donors (Lipinski definition) is 1. The molecule has 0 saturated carbocycles. The van der Waals surface area contributed by atoms with E-state index in [9.17, 15) is 4.39 Å². The molecule has 0 unspecified atom stereocenters. The lowest BCUT2D eigenvalue weighted by Crippen LogP contribution is -2.19. The molecule has 2 aromatic rings. The molecular weight excluding hydrogens is 253 g/mol. The molecule has 1 atom stereocenters. The molecule has 0 spiro atoms. The van der Waals surface area contributed by atoms with Gasteiger partial charge in [0, 0.05) is 18.8 Å². The van der Waals surface area contributed by atoms with Gasteiger partial charge in [-0.3, -0.25) is 4.98 Å². The van der Waals surface area contributed by atoms with Crippen LogP contribution < -0.4 is 10.6 Å². The molecular formula is C16H20FN3. The van der Waals surface area contributed by atoms with Gasteiger partial charge in [-0.2, -0.15) is 0 Å². The molecule has 3 nitrogen and oxygen atoms in total. The molecule has 20 heavy (non-hydrogen) atoms. The molecule has 0 fully saturated rings. The van der Waals surface area contributed by atoms with Gasteiger partial charge in [0.15, 0.2) is 0 Å². The van der Waals surface area contributed by atoms with E-state index in [2.05, 4.69) is 4.98 Å². The number of benzene rings is 1. The van der Waals surface area contributed by atoms with Crippen LogP contribution in [0, 0.1) is 12.7 Å². The van der Waals surface area contributed by atoms with Crippen molar-refractivity contribution in [2.75, 3.05) is 11.9 Å². The number of aromatic nitrogens is 1. The molecule has 1 aromatic carbocycles. The van der Waals surface area contributed by atoms with E-state index in [0.717, 1.165) is 17.0 Å². The first-order valence-corrected chi connectivity index (χ1v) is 6.66. The van der Waals surface area contributed by atoms with Crippen molar-refractivity contribution in [3.05, 3.63) is 59.2 Å². The molecule has 0 saturated heterocycles. The molecule has 1 heterocycles. The standard InChI is InChI=1S/C16H20FN3/c1-11-5-4-6-14(19-11)10-20(3)16-8-7-13(12(2)18)9-15(16)17/h4-9,12H,10,18H2,1-3H3/t12-/m1/s1. The molecule has 1 aromatic heterocycles. The summed E-state index contributed by atoms with van der Waals surface area (Å²) in [6.45, 7) is 4.35. The number of anilines is 1. The van der Waals surface area contributed by atoms with E-state index in [-0.39, 0.29) is 11.9 Å². The average molecular weight is 273 g/mol. The Balaban J connectivity index is 2.19. The van der Waals surface area contributed by atoms with Gasteiger partial charge in [-0.05, 0) is 43.7 Å². The van der Waals surface area contributed by atoms with Crippen LogP contribution in [0.15, 0.2) is 36.4 Å². The topological polar surface area (TPSA) is 42.1 Å². The highest BCUT2D eigenvalue weighted by molar-refractivity contribution is 5.49. The zero-order chi connectivity index (χ0) is 14.7. The lowest BCUT2D eigenvalue weighted by Gasteiger charge is -2.20. The Hall–Kier alpha value is -1.94. The van der Waals surface area contributed by atoms with Gasteiger partial charge in [0.25, 0.3) is 0 Å². The first-order valence-electron chi connectivity index (χ1n) is 6.66. The number of nitrogens with two attached hydrogens (primary N) is 1. The lowest BCUT2D eigenvalue weighted by molar-refractivity contribution is 0.616. The van der Waals surface area contributed by atoms with Crippen molar-refractivity contribution in [1.82, 2.24) is 4.98 Å². The molecule has 0 aliphatic carbocycles. The van der Waals surface area contributed by atoms with E-state index in [4.69, 9.17) is 5.73 Å². The fourth-order valence-electron chi connectivity index (χ4n) is 2.13. The van der Waals surface area contributed by atoms with Gasteiger partial charge < -0.3 is 10.6 Å². The highest BCUT2D eigenvalue weighted by atomic mass is 19.1. The quantitative estimate of drug-likeness (QED) is 0.930. The molecule has 2 rings (SSSR count). The van der Waals surface area contributed by atoms with Gasteiger partial charge >= 0.3 is 0 Å². The summed E-state index contributed by atoms with van der Waals surface area (Å²) < 4.78 is 14.1. The monoisotopic (exact) mass is 273 g/mol. The number of pyridine rings is 1. The summed E-state index contributed by atoms with van der Waals surface area (Å²) >= 11 is 0. The Bertz CT molecular complexity index is 596. The highest BCUT2D eigenvalue weighted by Crippen LogP contribution is 2.23. The van der Waals surface area contributed by atoms with Gasteiger partial charge in [-0.1, -0.05) is 12.1 Å². The summed E-state index contributed by atoms with van der Waals surface area (Å²) in [5, 5.41) is 0. The summed E-state index contributed by atoms with van der Waals surface area (Å²) in [5.41, 5.74) is 8.99. The number of nitrogens with zero attached hydrogens (tertiary/aromatic N) is 2. The minimum absolute atomic E-state index is 0.165. The summed E-state index contributed by atoms with van der Waals surface area (Å²) in [4.78, 5) is 6.28. The fourth-order valence-corrected chi connectivity index (χ4v) is 2.13. The van der Waals surface area contributed by atoms with Gasteiger partial charge in [0.2, 0.25) is 0 Å². The largest absolute Gasteiger partial charge is 0.366 e. The summed E-state index contributed by atoms with van der Waals surface area (Å²) in [6.07, 6.45) is 0. The Kier molecular flexibility index (Phi) is 4.35. The zero-order valence-electron chi connectivity index (χ0n) is 12.1. The van der Waals surface area contributed by atoms with Gasteiger partial charge in [-0.15, -0.1) is 0 Å². The third kappa shape index (κ3) is 3.33. The molecule has 106 valence electrons. The first kappa shape index (κ1) is 14.5. The maximum atomic E-state index is 14.1. The fraction of sp³-hybridized carbons (Fsp3) is 0.312. The zero-order valence-corrected chi connectivity index (χ0v) is 12.1. The van der Waals surface area contributed by atoms with Crippen LogP contribution in [0.4, 0.5) is 10.1 Å². The third-order valence-electron chi connectivity index (χ3n) is 3.25. The predicted octanol–water partition coefficient (Wildman–Crippen LogP) is 3.19. The molecule has 0 radical (unpaired) electrons. The second kappa shape index (κ2) is 6.01. The van der Waals surface area contributed by atoms with E-state index in [1.165, 1.54) is 6.07 Å². The summed E-state index contributed by atoms with van der Waals surface area (Å²) in [6, 6.07) is 10.8. The number of aryl methyl sites for hydroxylation is 1. The van der Waals surface area contributed by atoms with Crippen molar-refractivity contribution in [3.63, 3.8) is 0 Å². The minimum atomic E-state index is -0.255. The molecule has 0 aliphatic heterocycles. The van der Waals surface area contributed by atoms with Crippen molar-refractivity contribution in [2.45, 2.75) is 26.4 Å². The third-order valence-corrected chi connectivity index (χ3v) is 3.25. The van der Waals surface area contributed by atoms with Crippen molar-refractivity contribution in [1.29, 1.82) is 0 Å². The maximum absolute atomic E-state index is 14.1. The predicted molar refractivity (Wildman–Crippen MR) is 80.1 cm³/mol. The van der Waals surface area contributed by atoms with Crippen molar-refractivity contribution in [2.24, 2.45) is 5.73 Å². The second-order valence-corrected chi connectivity index (χ2v) is 5.13. The van der Waals surface area contributed by atoms with Crippen LogP contribution in [0.5, 0.6) is 0 Å². The smallest absolute Gasteiger partial charge is 0.146 e. The number of halogens is 1. The Morgan fingerprint density at radius 2 is 2.05 bits per heavy atom. The van der Waals surface area contributed by atoms with Crippen molar-refractivity contribution in [3.8, 4) is 0 Å². The minimum Gasteiger partial charge on any atom is -0.366 e. The number of rotatable bonds is 4. The normalized spacial score (nSPS) is 12.2. The van der Waals surface area contributed by atoms with E-state index in [1.54, 1.807) is 6.07 Å². The Morgan fingerprint density at radius 3 is 2.65 bits per heavy atom. The number of hydrogen-bond acceptors (Lipinski definition) is 3. The molecule has 2 N–H and O–H groups in total. The van der Waals surface area contributed by atoms with Crippen LogP contribution in [-0.2, 0) is 6.54 Å². The Labute approximate surface area is 119 Å². The van der Waals surface area contributed by atoms with Crippen molar-refractivity contribution < 1.29 is 4.39 Å². The molecule has 0 bridgehead atoms. The van der Waals surface area contributed by atoms with E-state index >= 15 is 0 Å². The highest BCUT2D eigenvalue weighted by Gasteiger charge is 2.11. The van der Waals surface area contributed by atoms with E-state index < -0.39 is 0 Å². The van der Waals surface area contributed by atoms with Gasteiger partial charge in [-0.25, -0.2) is 4.39 Å². The van der Waals surface area contributed by atoms with E-state index in [0.29, 0.717) is 12.2 Å². The van der Waals surface area contributed by atoms with Crippen LogP contribution in [0.25, 0.3) is 0 Å². The lowest BCUT2D eigenvalue weighted by atomic mass is 10.1. The maximum Gasteiger partial charge on any atom is 0.146 e. The van der Waals surface area contributed by atoms with Crippen LogP contribution in [0.1, 0.15) is 29.9 Å². The molecule has 0 aliphatic rings. The van der Waals surface area contributed by atoms with Crippen molar-refractivity contribution >= 4 is 5.69 Å². The van der Waals surface area contributed by atoms with Crippen LogP contribution in [-0.4, -0.2) is 12.0 Å². The van der Waals surface area contributed by atoms with Crippen LogP contribution >= 0.6 is 0 Å². The van der Waals surface area contributed by atoms with Gasteiger partial charge in [0.05, 0.1) is 17.9 Å². The average Bonchev–Trinajstić information content (AvgIpc) is 2.38. The summed E-state index contributed by atoms with van der Waals surface area (Å²) in [5.74, 6) is -0.255. The SMILES string of the molecule is Cc1cccc(CN(C)c2ccc([C@@H](C)N)cc2F)n1. The molecule has 4 heteroatoms. The first-order chi connectivity index (χ1) is 9.47. The second-order valence-electron chi connectivity index (χ2n) is 5.13. The van der Waals surface area contributed by atoms with Crippen LogP contribution in [0.2, 0.25) is 0 Å².